The molecule has 0 unspecified atom stereocenters. The zero-order chi connectivity index (χ0) is 38.6. The lowest BCUT2D eigenvalue weighted by molar-refractivity contribution is 1.18. The molecule has 0 spiro atoms. The van der Waals surface area contributed by atoms with E-state index >= 15 is 0 Å². The summed E-state index contributed by atoms with van der Waals surface area (Å²) in [5.41, 5.74) is 17.5. The molecule has 0 saturated carbocycles. The average Bonchev–Trinajstić information content (AvgIpc) is 3.79. The topological polar surface area (TPSA) is 21.9 Å². The summed E-state index contributed by atoms with van der Waals surface area (Å²) in [4.78, 5) is 0. The smallest absolute Gasteiger partial charge is 0.0561 e. The number of nitrogens with zero attached hydrogens (tertiary/aromatic N) is 2. The van der Waals surface area contributed by atoms with Crippen LogP contribution in [-0.2, 0) is 0 Å². The van der Waals surface area contributed by atoms with Crippen LogP contribution in [0.4, 0.5) is 11.4 Å². The molecule has 0 aliphatic rings. The van der Waals surface area contributed by atoms with Gasteiger partial charge in [0.25, 0.3) is 0 Å². The Hall–Kier alpha value is -7.62. The van der Waals surface area contributed by atoms with Crippen LogP contribution in [0.1, 0.15) is 5.56 Å². The molecular formula is C55H39N3. The molecule has 0 saturated heterocycles. The number of nitrogens with one attached hydrogen (secondary N) is 1. The van der Waals surface area contributed by atoms with Crippen molar-refractivity contribution >= 4 is 55.0 Å². The van der Waals surface area contributed by atoms with Gasteiger partial charge in [0.1, 0.15) is 0 Å². The first-order valence-electron chi connectivity index (χ1n) is 19.9. The van der Waals surface area contributed by atoms with Crippen LogP contribution in [0.2, 0.25) is 0 Å². The van der Waals surface area contributed by atoms with Crippen LogP contribution < -0.4 is 5.32 Å². The minimum absolute atomic E-state index is 1.04. The summed E-state index contributed by atoms with van der Waals surface area (Å²) in [6.07, 6.45) is 0. The fraction of sp³-hybridized carbons (Fsp3) is 0.0182. The largest absolute Gasteiger partial charge is 0.355 e. The maximum Gasteiger partial charge on any atom is 0.0561 e. The number of rotatable bonds is 7. The zero-order valence-electron chi connectivity index (χ0n) is 32.1. The number of benzene rings is 9. The van der Waals surface area contributed by atoms with Gasteiger partial charge in [-0.1, -0.05) is 146 Å². The number of hydrogen-bond acceptors (Lipinski definition) is 1. The third-order valence-corrected chi connectivity index (χ3v) is 11.6. The molecule has 0 bridgehead atoms. The summed E-state index contributed by atoms with van der Waals surface area (Å²) in [6, 6.07) is 76.8. The zero-order valence-corrected chi connectivity index (χ0v) is 32.1. The van der Waals surface area contributed by atoms with E-state index in [1.54, 1.807) is 0 Å². The second-order valence-electron chi connectivity index (χ2n) is 15.1. The SMILES string of the molecule is Cc1ccccc1-c1ccc(-c2ccc3c(c2)c2ccccc2n3-c2cccc(-c3ccccc3)c2)cc1Nc1ccc2c3ccccc3n(-c3ccccc3)c2c1. The highest BCUT2D eigenvalue weighted by Gasteiger charge is 2.17. The average molecular weight is 742 g/mol. The fourth-order valence-corrected chi connectivity index (χ4v) is 8.88. The number of para-hydroxylation sites is 3. The first-order chi connectivity index (χ1) is 28.7. The molecule has 3 nitrogen and oxygen atoms in total. The van der Waals surface area contributed by atoms with Gasteiger partial charge in [-0.2, -0.15) is 0 Å². The summed E-state index contributed by atoms with van der Waals surface area (Å²) in [7, 11) is 0. The molecular weight excluding hydrogens is 703 g/mol. The van der Waals surface area contributed by atoms with E-state index in [9.17, 15) is 0 Å². The molecule has 3 heteroatoms. The van der Waals surface area contributed by atoms with Crippen LogP contribution in [0.15, 0.2) is 212 Å². The molecule has 0 radical (unpaired) electrons. The van der Waals surface area contributed by atoms with Gasteiger partial charge < -0.3 is 14.5 Å². The summed E-state index contributed by atoms with van der Waals surface area (Å²) in [6.45, 7) is 2.19. The Morgan fingerprint density at radius 2 is 0.897 bits per heavy atom. The third-order valence-electron chi connectivity index (χ3n) is 11.6. The Morgan fingerprint density at radius 1 is 0.328 bits per heavy atom. The molecule has 1 N–H and O–H groups in total. The van der Waals surface area contributed by atoms with Gasteiger partial charge >= 0.3 is 0 Å². The molecule has 0 amide bonds. The molecule has 11 aromatic rings. The van der Waals surface area contributed by atoms with Crippen molar-refractivity contribution in [1.29, 1.82) is 0 Å². The number of fused-ring (bicyclic) bond motifs is 6. The first-order valence-corrected chi connectivity index (χ1v) is 19.9. The standard InChI is InChI=1S/C55H39N3/c1-37-15-8-9-22-45(37)46-30-27-41(35-51(46)56-42-29-31-49-47-23-10-12-25-52(47)57(55(49)36-42)43-19-6-3-7-20-43)40-28-32-54-50(34-40)48-24-11-13-26-53(48)58(54)44-21-14-18-39(33-44)38-16-4-2-5-17-38/h2-36,56H,1H3. The van der Waals surface area contributed by atoms with Gasteiger partial charge in [0.2, 0.25) is 0 Å². The van der Waals surface area contributed by atoms with Crippen molar-refractivity contribution in [2.24, 2.45) is 0 Å². The van der Waals surface area contributed by atoms with Crippen LogP contribution in [0.5, 0.6) is 0 Å². The Morgan fingerprint density at radius 3 is 1.69 bits per heavy atom. The molecule has 58 heavy (non-hydrogen) atoms. The van der Waals surface area contributed by atoms with Crippen LogP contribution >= 0.6 is 0 Å². The van der Waals surface area contributed by atoms with E-state index in [0.29, 0.717) is 0 Å². The lowest BCUT2D eigenvalue weighted by Gasteiger charge is -2.17. The Kier molecular flexibility index (Phi) is 8.04. The van der Waals surface area contributed by atoms with Gasteiger partial charge in [-0.05, 0) is 107 Å². The lowest BCUT2D eigenvalue weighted by atomic mass is 9.95. The van der Waals surface area contributed by atoms with Gasteiger partial charge in [-0.15, -0.1) is 0 Å². The van der Waals surface area contributed by atoms with Gasteiger partial charge in [-0.25, -0.2) is 0 Å². The van der Waals surface area contributed by atoms with E-state index in [1.165, 1.54) is 77.0 Å². The first kappa shape index (κ1) is 33.7. The van der Waals surface area contributed by atoms with E-state index in [2.05, 4.69) is 234 Å². The molecule has 9 aromatic carbocycles. The van der Waals surface area contributed by atoms with Gasteiger partial charge in [0, 0.05) is 49.9 Å². The maximum atomic E-state index is 3.92. The second kappa shape index (κ2) is 13.8. The van der Waals surface area contributed by atoms with Crippen molar-refractivity contribution in [2.45, 2.75) is 6.92 Å². The molecule has 274 valence electrons. The molecule has 2 aromatic heterocycles. The normalized spacial score (nSPS) is 11.5. The Labute approximate surface area is 337 Å². The number of aryl methyl sites for hydroxylation is 1. The van der Waals surface area contributed by atoms with Crippen LogP contribution in [-0.4, -0.2) is 9.13 Å². The summed E-state index contributed by atoms with van der Waals surface area (Å²) in [5, 5.41) is 8.87. The van der Waals surface area contributed by atoms with E-state index in [1.807, 2.05) is 0 Å². The Balaban J connectivity index is 1.05. The van der Waals surface area contributed by atoms with Crippen molar-refractivity contribution in [3.63, 3.8) is 0 Å². The number of aromatic nitrogens is 2. The minimum Gasteiger partial charge on any atom is -0.355 e. The second-order valence-corrected chi connectivity index (χ2v) is 15.1. The van der Waals surface area contributed by atoms with E-state index < -0.39 is 0 Å². The molecule has 0 atom stereocenters. The van der Waals surface area contributed by atoms with Crippen LogP contribution in [0, 0.1) is 6.92 Å². The molecule has 0 aliphatic heterocycles. The predicted octanol–water partition coefficient (Wildman–Crippen LogP) is 14.9. The molecule has 0 aliphatic carbocycles. The third kappa shape index (κ3) is 5.67. The monoisotopic (exact) mass is 741 g/mol. The minimum atomic E-state index is 1.04. The van der Waals surface area contributed by atoms with Crippen LogP contribution in [0.25, 0.3) is 88.4 Å². The predicted molar refractivity (Wildman–Crippen MR) is 246 cm³/mol. The van der Waals surface area contributed by atoms with Crippen molar-refractivity contribution in [3.05, 3.63) is 218 Å². The number of anilines is 2. The van der Waals surface area contributed by atoms with Crippen molar-refractivity contribution in [1.82, 2.24) is 9.13 Å². The summed E-state index contributed by atoms with van der Waals surface area (Å²) in [5.74, 6) is 0. The Bertz CT molecular complexity index is 3310. The van der Waals surface area contributed by atoms with Crippen molar-refractivity contribution < 1.29 is 0 Å². The highest BCUT2D eigenvalue weighted by Crippen LogP contribution is 2.41. The van der Waals surface area contributed by atoms with E-state index in [4.69, 9.17) is 0 Å². The van der Waals surface area contributed by atoms with E-state index in [0.717, 1.165) is 28.3 Å². The maximum absolute atomic E-state index is 3.92. The van der Waals surface area contributed by atoms with E-state index in [-0.39, 0.29) is 0 Å². The van der Waals surface area contributed by atoms with Gasteiger partial charge in [0.15, 0.2) is 0 Å². The molecule has 0 fully saturated rings. The summed E-state index contributed by atoms with van der Waals surface area (Å²) >= 11 is 0. The molecule has 2 heterocycles. The lowest BCUT2D eigenvalue weighted by Crippen LogP contribution is -1.97. The molecule has 11 rings (SSSR count). The van der Waals surface area contributed by atoms with Crippen molar-refractivity contribution in [2.75, 3.05) is 5.32 Å². The van der Waals surface area contributed by atoms with Gasteiger partial charge in [0.05, 0.1) is 22.1 Å². The highest BCUT2D eigenvalue weighted by atomic mass is 15.0. The van der Waals surface area contributed by atoms with Crippen LogP contribution in [0.3, 0.4) is 0 Å². The summed E-state index contributed by atoms with van der Waals surface area (Å²) < 4.78 is 4.78. The quantitative estimate of drug-likeness (QED) is 0.173. The van der Waals surface area contributed by atoms with Crippen molar-refractivity contribution in [3.8, 4) is 44.8 Å². The fourth-order valence-electron chi connectivity index (χ4n) is 8.88. The van der Waals surface area contributed by atoms with Gasteiger partial charge in [-0.3, -0.25) is 0 Å². The highest BCUT2D eigenvalue weighted by molar-refractivity contribution is 6.11. The number of hydrogen-bond donors (Lipinski definition) is 1.